The van der Waals surface area contributed by atoms with E-state index in [0.717, 1.165) is 15.8 Å². The van der Waals surface area contributed by atoms with Gasteiger partial charge in [-0.15, -0.1) is 0 Å². The number of benzene rings is 2. The summed E-state index contributed by atoms with van der Waals surface area (Å²) in [6, 6.07) is 10.9. The molecule has 2 N–H and O–H groups in total. The predicted octanol–water partition coefficient (Wildman–Crippen LogP) is 4.93. The van der Waals surface area contributed by atoms with Crippen molar-refractivity contribution in [3.05, 3.63) is 45.9 Å². The van der Waals surface area contributed by atoms with Crippen LogP contribution in [-0.4, -0.2) is 19.3 Å². The molecule has 0 radical (unpaired) electrons. The SMILES string of the molecule is COc1ccc(NC(=S)Nc2ccc(Br)c(Cl)c2)c(OC)c1. The summed E-state index contributed by atoms with van der Waals surface area (Å²) in [4.78, 5) is 0. The van der Waals surface area contributed by atoms with E-state index in [1.54, 1.807) is 26.4 Å². The molecule has 0 amide bonds. The fraction of sp³-hybridized carbons (Fsp3) is 0.133. The molecule has 22 heavy (non-hydrogen) atoms. The molecule has 0 heterocycles. The highest BCUT2D eigenvalue weighted by Gasteiger charge is 2.07. The number of ether oxygens (including phenoxy) is 2. The van der Waals surface area contributed by atoms with Gasteiger partial charge in [0.2, 0.25) is 0 Å². The van der Waals surface area contributed by atoms with Crippen LogP contribution in [0.5, 0.6) is 11.5 Å². The maximum Gasteiger partial charge on any atom is 0.175 e. The summed E-state index contributed by atoms with van der Waals surface area (Å²) >= 11 is 14.7. The Bertz CT molecular complexity index is 697. The lowest BCUT2D eigenvalue weighted by Crippen LogP contribution is -2.19. The van der Waals surface area contributed by atoms with Crippen LogP contribution in [0.4, 0.5) is 11.4 Å². The Morgan fingerprint density at radius 1 is 1.09 bits per heavy atom. The summed E-state index contributed by atoms with van der Waals surface area (Å²) < 4.78 is 11.3. The van der Waals surface area contributed by atoms with E-state index in [0.29, 0.717) is 21.6 Å². The number of nitrogens with one attached hydrogen (secondary N) is 2. The second-order valence-corrected chi connectivity index (χ2v) is 5.94. The molecule has 0 atom stereocenters. The first kappa shape index (κ1) is 16.9. The monoisotopic (exact) mass is 400 g/mol. The standard InChI is InChI=1S/C15H14BrClN2O2S/c1-20-10-4-6-13(14(8-10)21-2)19-15(22)18-9-3-5-11(16)12(17)7-9/h3-8H,1-2H3,(H2,18,19,22). The molecule has 0 aliphatic carbocycles. The van der Waals surface area contributed by atoms with Crippen LogP contribution >= 0.6 is 39.7 Å². The summed E-state index contributed by atoms with van der Waals surface area (Å²) in [6.07, 6.45) is 0. The van der Waals surface area contributed by atoms with Crippen LogP contribution in [0.2, 0.25) is 5.02 Å². The number of rotatable bonds is 4. The van der Waals surface area contributed by atoms with Gasteiger partial charge in [0.1, 0.15) is 11.5 Å². The van der Waals surface area contributed by atoms with Gasteiger partial charge in [-0.2, -0.15) is 0 Å². The van der Waals surface area contributed by atoms with E-state index in [1.165, 1.54) is 0 Å². The molecule has 0 aromatic heterocycles. The predicted molar refractivity (Wildman–Crippen MR) is 98.5 cm³/mol. The summed E-state index contributed by atoms with van der Waals surface area (Å²) in [7, 11) is 3.19. The van der Waals surface area contributed by atoms with Crippen LogP contribution in [-0.2, 0) is 0 Å². The maximum absolute atomic E-state index is 6.05. The molecule has 0 bridgehead atoms. The fourth-order valence-electron chi connectivity index (χ4n) is 1.76. The van der Waals surface area contributed by atoms with Crippen molar-refractivity contribution in [2.75, 3.05) is 24.9 Å². The van der Waals surface area contributed by atoms with Crippen molar-refractivity contribution in [3.63, 3.8) is 0 Å². The maximum atomic E-state index is 6.05. The van der Waals surface area contributed by atoms with Gasteiger partial charge in [-0.05, 0) is 58.5 Å². The topological polar surface area (TPSA) is 42.5 Å². The highest BCUT2D eigenvalue weighted by molar-refractivity contribution is 9.10. The summed E-state index contributed by atoms with van der Waals surface area (Å²) in [5.41, 5.74) is 1.53. The minimum atomic E-state index is 0.432. The number of anilines is 2. The Morgan fingerprint density at radius 2 is 1.86 bits per heavy atom. The van der Waals surface area contributed by atoms with Crippen molar-refractivity contribution in [2.24, 2.45) is 0 Å². The van der Waals surface area contributed by atoms with Crippen molar-refractivity contribution < 1.29 is 9.47 Å². The quantitative estimate of drug-likeness (QED) is 0.711. The van der Waals surface area contributed by atoms with E-state index in [9.17, 15) is 0 Å². The third-order valence-electron chi connectivity index (χ3n) is 2.83. The average Bonchev–Trinajstić information content (AvgIpc) is 2.51. The lowest BCUT2D eigenvalue weighted by atomic mass is 10.2. The molecule has 0 saturated heterocycles. The minimum Gasteiger partial charge on any atom is -0.497 e. The minimum absolute atomic E-state index is 0.432. The molecule has 0 spiro atoms. The van der Waals surface area contributed by atoms with Crippen molar-refractivity contribution >= 4 is 56.2 Å². The fourth-order valence-corrected chi connectivity index (χ4v) is 2.42. The lowest BCUT2D eigenvalue weighted by Gasteiger charge is -2.14. The third-order valence-corrected chi connectivity index (χ3v) is 4.27. The molecular formula is C15H14BrClN2O2S. The summed E-state index contributed by atoms with van der Waals surface area (Å²) in [5, 5.41) is 7.19. The van der Waals surface area contributed by atoms with Crippen molar-refractivity contribution in [3.8, 4) is 11.5 Å². The molecule has 0 fully saturated rings. The molecule has 4 nitrogen and oxygen atoms in total. The second kappa shape index (κ2) is 7.67. The molecule has 2 rings (SSSR count). The smallest absolute Gasteiger partial charge is 0.175 e. The van der Waals surface area contributed by atoms with E-state index >= 15 is 0 Å². The van der Waals surface area contributed by atoms with Crippen LogP contribution in [0, 0.1) is 0 Å². The molecule has 0 aliphatic heterocycles. The number of hydrogen-bond donors (Lipinski definition) is 2. The van der Waals surface area contributed by atoms with Gasteiger partial charge in [0.25, 0.3) is 0 Å². The van der Waals surface area contributed by atoms with E-state index in [-0.39, 0.29) is 0 Å². The zero-order chi connectivity index (χ0) is 16.1. The molecule has 2 aromatic rings. The number of halogens is 2. The molecule has 116 valence electrons. The molecule has 0 unspecified atom stereocenters. The van der Waals surface area contributed by atoms with Crippen LogP contribution in [0.1, 0.15) is 0 Å². The third kappa shape index (κ3) is 4.25. The molecule has 0 saturated carbocycles. The second-order valence-electron chi connectivity index (χ2n) is 4.27. The molecule has 0 aliphatic rings. The number of hydrogen-bond acceptors (Lipinski definition) is 3. The van der Waals surface area contributed by atoms with Gasteiger partial charge in [-0.25, -0.2) is 0 Å². The average molecular weight is 402 g/mol. The van der Waals surface area contributed by atoms with Gasteiger partial charge in [-0.1, -0.05) is 11.6 Å². The Hall–Kier alpha value is -1.50. The molecular weight excluding hydrogens is 388 g/mol. The Balaban J connectivity index is 2.10. The van der Waals surface area contributed by atoms with Gasteiger partial charge >= 0.3 is 0 Å². The van der Waals surface area contributed by atoms with Gasteiger partial charge in [0.15, 0.2) is 5.11 Å². The Kier molecular flexibility index (Phi) is 5.88. The normalized spacial score (nSPS) is 10.0. The van der Waals surface area contributed by atoms with Crippen LogP contribution < -0.4 is 20.1 Å². The first-order valence-electron chi connectivity index (χ1n) is 6.28. The van der Waals surface area contributed by atoms with E-state index < -0.39 is 0 Å². The zero-order valence-electron chi connectivity index (χ0n) is 11.9. The van der Waals surface area contributed by atoms with Gasteiger partial charge in [0.05, 0.1) is 24.9 Å². The summed E-state index contributed by atoms with van der Waals surface area (Å²) in [6.45, 7) is 0. The van der Waals surface area contributed by atoms with Crippen molar-refractivity contribution in [1.82, 2.24) is 0 Å². The van der Waals surface area contributed by atoms with Gasteiger partial charge < -0.3 is 20.1 Å². The Labute approximate surface area is 147 Å². The Morgan fingerprint density at radius 3 is 2.50 bits per heavy atom. The number of thiocarbonyl (C=S) groups is 1. The van der Waals surface area contributed by atoms with Crippen molar-refractivity contribution in [1.29, 1.82) is 0 Å². The highest BCUT2D eigenvalue weighted by atomic mass is 79.9. The van der Waals surface area contributed by atoms with Crippen LogP contribution in [0.25, 0.3) is 0 Å². The van der Waals surface area contributed by atoms with Gasteiger partial charge in [-0.3, -0.25) is 0 Å². The van der Waals surface area contributed by atoms with Crippen LogP contribution in [0.3, 0.4) is 0 Å². The van der Waals surface area contributed by atoms with E-state index in [1.807, 2.05) is 24.3 Å². The highest BCUT2D eigenvalue weighted by Crippen LogP contribution is 2.29. The van der Waals surface area contributed by atoms with Gasteiger partial charge in [0, 0.05) is 16.2 Å². The van der Waals surface area contributed by atoms with E-state index in [4.69, 9.17) is 33.3 Å². The summed E-state index contributed by atoms with van der Waals surface area (Å²) in [5.74, 6) is 1.35. The first-order chi connectivity index (χ1) is 10.5. The van der Waals surface area contributed by atoms with E-state index in [2.05, 4.69) is 26.6 Å². The van der Waals surface area contributed by atoms with Crippen LogP contribution in [0.15, 0.2) is 40.9 Å². The molecule has 2 aromatic carbocycles. The largest absolute Gasteiger partial charge is 0.497 e. The van der Waals surface area contributed by atoms with Crippen molar-refractivity contribution in [2.45, 2.75) is 0 Å². The lowest BCUT2D eigenvalue weighted by molar-refractivity contribution is 0.395. The number of methoxy groups -OCH3 is 2. The first-order valence-corrected chi connectivity index (χ1v) is 7.86. The zero-order valence-corrected chi connectivity index (χ0v) is 15.1. The molecule has 7 heteroatoms.